The number of primary amides is 1. The van der Waals surface area contributed by atoms with Gasteiger partial charge in [-0.25, -0.2) is 4.79 Å². The van der Waals surface area contributed by atoms with E-state index >= 15 is 0 Å². The lowest BCUT2D eigenvalue weighted by Gasteiger charge is -2.22. The molecule has 0 heterocycles. The number of nitrogens with one attached hydrogen (secondary N) is 2. The van der Waals surface area contributed by atoms with Gasteiger partial charge >= 0.3 is 6.03 Å². The topological polar surface area (TPSA) is 93.5 Å². The summed E-state index contributed by atoms with van der Waals surface area (Å²) in [6, 6.07) is 6.10. The van der Waals surface area contributed by atoms with Gasteiger partial charge < -0.3 is 21.1 Å². The van der Waals surface area contributed by atoms with Gasteiger partial charge in [0.15, 0.2) is 0 Å². The number of rotatable bonds is 7. The van der Waals surface area contributed by atoms with Crippen LogP contribution in [0.3, 0.4) is 0 Å². The molecule has 6 heteroatoms. The molecule has 116 valence electrons. The molecule has 0 fully saturated rings. The van der Waals surface area contributed by atoms with Crippen LogP contribution in [0.25, 0.3) is 0 Å². The maximum Gasteiger partial charge on any atom is 0.312 e. The highest BCUT2D eigenvalue weighted by Crippen LogP contribution is 2.17. The second kappa shape index (κ2) is 8.14. The van der Waals surface area contributed by atoms with E-state index in [0.29, 0.717) is 12.3 Å². The zero-order valence-electron chi connectivity index (χ0n) is 12.7. The van der Waals surface area contributed by atoms with E-state index in [-0.39, 0.29) is 11.8 Å². The van der Waals surface area contributed by atoms with Crippen molar-refractivity contribution in [1.82, 2.24) is 10.6 Å². The van der Waals surface area contributed by atoms with Crippen LogP contribution in [0.4, 0.5) is 4.79 Å². The number of ether oxygens (including phenoxy) is 1. The Hall–Kier alpha value is -2.24. The largest absolute Gasteiger partial charge is 0.496 e. The smallest absolute Gasteiger partial charge is 0.312 e. The first-order valence-electron chi connectivity index (χ1n) is 6.95. The van der Waals surface area contributed by atoms with Crippen LogP contribution in [-0.2, 0) is 11.3 Å². The summed E-state index contributed by atoms with van der Waals surface area (Å²) in [5, 5.41) is 5.30. The van der Waals surface area contributed by atoms with Crippen LogP contribution in [0.2, 0.25) is 0 Å². The molecule has 21 heavy (non-hydrogen) atoms. The van der Waals surface area contributed by atoms with Crippen molar-refractivity contribution >= 4 is 11.9 Å². The number of nitrogens with two attached hydrogens (primary N) is 1. The van der Waals surface area contributed by atoms with Gasteiger partial charge in [-0.3, -0.25) is 4.79 Å². The van der Waals surface area contributed by atoms with Gasteiger partial charge in [-0.05, 0) is 12.0 Å². The summed E-state index contributed by atoms with van der Waals surface area (Å²) in [5.74, 6) is 0.449. The molecule has 3 amide bonds. The molecule has 2 atom stereocenters. The minimum Gasteiger partial charge on any atom is -0.496 e. The van der Waals surface area contributed by atoms with Crippen molar-refractivity contribution in [3.63, 3.8) is 0 Å². The highest BCUT2D eigenvalue weighted by atomic mass is 16.5. The molecule has 0 aliphatic carbocycles. The molecule has 0 saturated carbocycles. The number of hydrogen-bond acceptors (Lipinski definition) is 3. The SMILES string of the molecule is CCC(C)C(NC(N)=O)C(=O)NCc1ccccc1OC. The summed E-state index contributed by atoms with van der Waals surface area (Å²) in [4.78, 5) is 23.3. The highest BCUT2D eigenvalue weighted by molar-refractivity contribution is 5.86. The molecule has 0 aliphatic rings. The minimum absolute atomic E-state index is 0.00447. The summed E-state index contributed by atoms with van der Waals surface area (Å²) < 4.78 is 5.23. The second-order valence-electron chi connectivity index (χ2n) is 4.90. The first-order chi connectivity index (χ1) is 9.99. The van der Waals surface area contributed by atoms with E-state index in [9.17, 15) is 9.59 Å². The first kappa shape index (κ1) is 16.8. The van der Waals surface area contributed by atoms with E-state index in [1.165, 1.54) is 0 Å². The summed E-state index contributed by atoms with van der Waals surface area (Å²) in [6.07, 6.45) is 0.757. The molecule has 0 spiro atoms. The van der Waals surface area contributed by atoms with Crippen LogP contribution in [0.15, 0.2) is 24.3 Å². The third-order valence-electron chi connectivity index (χ3n) is 3.44. The van der Waals surface area contributed by atoms with Crippen molar-refractivity contribution in [2.24, 2.45) is 11.7 Å². The molecule has 1 aromatic rings. The Morgan fingerprint density at radius 2 is 2.00 bits per heavy atom. The molecule has 0 radical (unpaired) electrons. The van der Waals surface area contributed by atoms with Crippen LogP contribution in [-0.4, -0.2) is 25.1 Å². The predicted molar refractivity (Wildman–Crippen MR) is 80.8 cm³/mol. The molecule has 0 aliphatic heterocycles. The van der Waals surface area contributed by atoms with Gasteiger partial charge in [0, 0.05) is 12.1 Å². The Labute approximate surface area is 125 Å². The van der Waals surface area contributed by atoms with Crippen molar-refractivity contribution in [3.8, 4) is 5.75 Å². The lowest BCUT2D eigenvalue weighted by Crippen LogP contribution is -2.51. The Morgan fingerprint density at radius 1 is 1.33 bits per heavy atom. The molecule has 1 aromatic carbocycles. The number of amides is 3. The quantitative estimate of drug-likeness (QED) is 0.709. The fourth-order valence-corrected chi connectivity index (χ4v) is 2.00. The molecule has 0 saturated heterocycles. The van der Waals surface area contributed by atoms with E-state index in [1.54, 1.807) is 7.11 Å². The summed E-state index contributed by atoms with van der Waals surface area (Å²) in [5.41, 5.74) is 6.00. The Morgan fingerprint density at radius 3 is 2.57 bits per heavy atom. The first-order valence-corrected chi connectivity index (χ1v) is 6.95. The third-order valence-corrected chi connectivity index (χ3v) is 3.44. The Balaban J connectivity index is 2.71. The van der Waals surface area contributed by atoms with Gasteiger partial charge in [0.2, 0.25) is 5.91 Å². The lowest BCUT2D eigenvalue weighted by atomic mass is 9.98. The van der Waals surface area contributed by atoms with Crippen LogP contribution < -0.4 is 21.1 Å². The van der Waals surface area contributed by atoms with E-state index in [4.69, 9.17) is 10.5 Å². The average Bonchev–Trinajstić information content (AvgIpc) is 2.49. The highest BCUT2D eigenvalue weighted by Gasteiger charge is 2.24. The maximum atomic E-state index is 12.2. The van der Waals surface area contributed by atoms with Gasteiger partial charge in [0.25, 0.3) is 0 Å². The van der Waals surface area contributed by atoms with E-state index in [2.05, 4.69) is 10.6 Å². The Bertz CT molecular complexity index is 491. The fraction of sp³-hybridized carbons (Fsp3) is 0.467. The number of para-hydroxylation sites is 1. The van der Waals surface area contributed by atoms with Gasteiger partial charge in [-0.1, -0.05) is 38.5 Å². The molecular formula is C15H23N3O3. The summed E-state index contributed by atoms with van der Waals surface area (Å²) in [7, 11) is 1.58. The van der Waals surface area contributed by atoms with Crippen LogP contribution in [0.1, 0.15) is 25.8 Å². The predicted octanol–water partition coefficient (Wildman–Crippen LogP) is 1.39. The molecule has 4 N–H and O–H groups in total. The fourth-order valence-electron chi connectivity index (χ4n) is 2.00. The number of hydrogen-bond donors (Lipinski definition) is 3. The molecule has 6 nitrogen and oxygen atoms in total. The zero-order valence-corrected chi connectivity index (χ0v) is 12.7. The van der Waals surface area contributed by atoms with E-state index in [0.717, 1.165) is 12.0 Å². The molecular weight excluding hydrogens is 270 g/mol. The van der Waals surface area contributed by atoms with Crippen molar-refractivity contribution in [3.05, 3.63) is 29.8 Å². The lowest BCUT2D eigenvalue weighted by molar-refractivity contribution is -0.124. The van der Waals surface area contributed by atoms with E-state index < -0.39 is 12.1 Å². The van der Waals surface area contributed by atoms with Crippen LogP contribution in [0, 0.1) is 5.92 Å². The zero-order chi connectivity index (χ0) is 15.8. The van der Waals surface area contributed by atoms with Gasteiger partial charge in [0.1, 0.15) is 11.8 Å². The maximum absolute atomic E-state index is 12.2. The third kappa shape index (κ3) is 4.98. The van der Waals surface area contributed by atoms with Crippen molar-refractivity contribution in [1.29, 1.82) is 0 Å². The number of carbonyl (C=O) groups excluding carboxylic acids is 2. The molecule has 2 unspecified atom stereocenters. The minimum atomic E-state index is -0.701. The van der Waals surface area contributed by atoms with Crippen molar-refractivity contribution in [2.75, 3.05) is 7.11 Å². The van der Waals surface area contributed by atoms with Gasteiger partial charge in [-0.2, -0.15) is 0 Å². The van der Waals surface area contributed by atoms with Crippen LogP contribution in [0.5, 0.6) is 5.75 Å². The molecule has 0 aromatic heterocycles. The van der Waals surface area contributed by atoms with Crippen molar-refractivity contribution < 1.29 is 14.3 Å². The van der Waals surface area contributed by atoms with Crippen LogP contribution >= 0.6 is 0 Å². The number of urea groups is 1. The number of carbonyl (C=O) groups is 2. The Kier molecular flexibility index (Phi) is 6.52. The molecule has 0 bridgehead atoms. The normalized spacial score (nSPS) is 13.1. The number of methoxy groups -OCH3 is 1. The summed E-state index contributed by atoms with van der Waals surface area (Å²) >= 11 is 0. The summed E-state index contributed by atoms with van der Waals surface area (Å²) in [6.45, 7) is 4.17. The molecule has 1 rings (SSSR count). The average molecular weight is 293 g/mol. The monoisotopic (exact) mass is 293 g/mol. The standard InChI is InChI=1S/C15H23N3O3/c1-4-10(2)13(18-15(16)20)14(19)17-9-11-7-5-6-8-12(11)21-3/h5-8,10,13H,4,9H2,1-3H3,(H,17,19)(H3,16,18,20). The van der Waals surface area contributed by atoms with Gasteiger partial charge in [-0.15, -0.1) is 0 Å². The number of benzene rings is 1. The van der Waals surface area contributed by atoms with E-state index in [1.807, 2.05) is 38.1 Å². The second-order valence-corrected chi connectivity index (χ2v) is 4.90. The van der Waals surface area contributed by atoms with Crippen molar-refractivity contribution in [2.45, 2.75) is 32.9 Å². The van der Waals surface area contributed by atoms with Gasteiger partial charge in [0.05, 0.1) is 7.11 Å².